The first-order valence-electron chi connectivity index (χ1n) is 7.13. The molecule has 1 heterocycles. The Labute approximate surface area is 136 Å². The Morgan fingerprint density at radius 3 is 2.67 bits per heavy atom. The summed E-state index contributed by atoms with van der Waals surface area (Å²) in [5.74, 6) is -1.52. The van der Waals surface area contributed by atoms with Gasteiger partial charge < -0.3 is 15.0 Å². The number of hydrogen-bond acceptors (Lipinski definition) is 5. The van der Waals surface area contributed by atoms with Crippen molar-refractivity contribution in [3.63, 3.8) is 0 Å². The van der Waals surface area contributed by atoms with Gasteiger partial charge in [-0.25, -0.2) is 9.97 Å². The second kappa shape index (κ2) is 7.43. The number of amides is 1. The van der Waals surface area contributed by atoms with Crippen LogP contribution in [0.4, 0.5) is 19.0 Å². The molecule has 2 aromatic rings. The van der Waals surface area contributed by atoms with E-state index in [0.717, 1.165) is 0 Å². The quantitative estimate of drug-likeness (QED) is 0.812. The van der Waals surface area contributed by atoms with Gasteiger partial charge in [-0.05, 0) is 12.1 Å². The predicted molar refractivity (Wildman–Crippen MR) is 82.7 cm³/mol. The molecule has 9 heteroatoms. The number of carbonyl (C=O) groups is 1. The van der Waals surface area contributed by atoms with Gasteiger partial charge in [-0.2, -0.15) is 13.2 Å². The highest BCUT2D eigenvalue weighted by Gasteiger charge is 2.36. The predicted octanol–water partition coefficient (Wildman–Crippen LogP) is 1.85. The van der Waals surface area contributed by atoms with Crippen molar-refractivity contribution in [2.45, 2.75) is 6.18 Å². The van der Waals surface area contributed by atoms with Gasteiger partial charge in [-0.15, -0.1) is 0 Å². The van der Waals surface area contributed by atoms with Crippen molar-refractivity contribution < 1.29 is 22.7 Å². The van der Waals surface area contributed by atoms with Gasteiger partial charge in [-0.1, -0.05) is 12.1 Å². The molecule has 0 aliphatic heterocycles. The van der Waals surface area contributed by atoms with Gasteiger partial charge in [0.2, 0.25) is 11.7 Å². The standard InChI is InChI=1S/C15H17F3N4O2/c1-22(9-12(23)19-7-8-24-2)13-10-5-3-4-6-11(10)20-14(21-13)15(16,17)18/h3-6H,7-9H2,1-2H3,(H,19,23). The Morgan fingerprint density at radius 2 is 2.00 bits per heavy atom. The number of halogens is 3. The van der Waals surface area contributed by atoms with Crippen molar-refractivity contribution >= 4 is 22.6 Å². The highest BCUT2D eigenvalue weighted by molar-refractivity contribution is 5.91. The van der Waals surface area contributed by atoms with Crippen molar-refractivity contribution in [1.82, 2.24) is 15.3 Å². The second-order valence-electron chi connectivity index (χ2n) is 5.08. The molecule has 1 N–H and O–H groups in total. The molecule has 0 bridgehead atoms. The van der Waals surface area contributed by atoms with Crippen LogP contribution in [0.3, 0.4) is 0 Å². The summed E-state index contributed by atoms with van der Waals surface area (Å²) in [4.78, 5) is 20.4. The molecular weight excluding hydrogens is 325 g/mol. The molecule has 0 aliphatic carbocycles. The molecule has 1 aromatic heterocycles. The number of fused-ring (bicyclic) bond motifs is 1. The number of methoxy groups -OCH3 is 1. The average Bonchev–Trinajstić information content (AvgIpc) is 2.53. The number of ether oxygens (including phenoxy) is 1. The van der Waals surface area contributed by atoms with Gasteiger partial charge in [0, 0.05) is 26.1 Å². The lowest BCUT2D eigenvalue weighted by Crippen LogP contribution is -2.37. The fraction of sp³-hybridized carbons (Fsp3) is 0.400. The zero-order valence-corrected chi connectivity index (χ0v) is 13.2. The smallest absolute Gasteiger partial charge is 0.383 e. The van der Waals surface area contributed by atoms with E-state index in [1.54, 1.807) is 18.2 Å². The zero-order chi connectivity index (χ0) is 17.7. The Balaban J connectivity index is 2.30. The first-order valence-corrected chi connectivity index (χ1v) is 7.13. The van der Waals surface area contributed by atoms with Crippen LogP contribution < -0.4 is 10.2 Å². The number of nitrogens with one attached hydrogen (secondary N) is 1. The maximum absolute atomic E-state index is 13.0. The van der Waals surface area contributed by atoms with Crippen molar-refractivity contribution in [2.24, 2.45) is 0 Å². The molecule has 0 unspecified atom stereocenters. The van der Waals surface area contributed by atoms with Crippen LogP contribution >= 0.6 is 0 Å². The van der Waals surface area contributed by atoms with Crippen LogP contribution in [-0.4, -0.2) is 49.7 Å². The molecule has 1 aromatic carbocycles. The fourth-order valence-electron chi connectivity index (χ4n) is 2.12. The molecule has 0 atom stereocenters. The topological polar surface area (TPSA) is 67.3 Å². The molecule has 1 amide bonds. The molecule has 0 saturated heterocycles. The summed E-state index contributed by atoms with van der Waals surface area (Å²) in [7, 11) is 3.01. The van der Waals surface area contributed by atoms with E-state index in [2.05, 4.69) is 15.3 Å². The first kappa shape index (κ1) is 17.9. The van der Waals surface area contributed by atoms with Crippen LogP contribution in [0.5, 0.6) is 0 Å². The van der Waals surface area contributed by atoms with Crippen molar-refractivity contribution in [2.75, 3.05) is 38.8 Å². The van der Waals surface area contributed by atoms with E-state index in [1.807, 2.05) is 0 Å². The number of likely N-dealkylation sites (N-methyl/N-ethyl adjacent to an activating group) is 1. The summed E-state index contributed by atoms with van der Waals surface area (Å²) in [5.41, 5.74) is 0.168. The molecule has 0 saturated carbocycles. The van der Waals surface area contributed by atoms with Crippen LogP contribution in [0.2, 0.25) is 0 Å². The maximum Gasteiger partial charge on any atom is 0.451 e. The summed E-state index contributed by atoms with van der Waals surface area (Å²) in [6, 6.07) is 6.36. The lowest BCUT2D eigenvalue weighted by Gasteiger charge is -2.20. The first-order chi connectivity index (χ1) is 11.3. The number of para-hydroxylation sites is 1. The van der Waals surface area contributed by atoms with Crippen LogP contribution in [-0.2, 0) is 15.7 Å². The average molecular weight is 342 g/mol. The van der Waals surface area contributed by atoms with E-state index >= 15 is 0 Å². The van der Waals surface area contributed by atoms with Crippen LogP contribution in [0.1, 0.15) is 5.82 Å². The van der Waals surface area contributed by atoms with Crippen molar-refractivity contribution in [3.8, 4) is 0 Å². The van der Waals surface area contributed by atoms with Gasteiger partial charge in [0.25, 0.3) is 0 Å². The number of benzene rings is 1. The third-order valence-electron chi connectivity index (χ3n) is 3.21. The molecule has 2 rings (SSSR count). The number of hydrogen-bond donors (Lipinski definition) is 1. The van der Waals surface area contributed by atoms with Gasteiger partial charge in [0.1, 0.15) is 5.82 Å². The number of aromatic nitrogens is 2. The molecule has 0 spiro atoms. The number of carbonyl (C=O) groups excluding carboxylic acids is 1. The zero-order valence-electron chi connectivity index (χ0n) is 13.2. The third kappa shape index (κ3) is 4.31. The Hall–Kier alpha value is -2.42. The maximum atomic E-state index is 13.0. The summed E-state index contributed by atoms with van der Waals surface area (Å²) >= 11 is 0. The van der Waals surface area contributed by atoms with Gasteiger partial charge >= 0.3 is 6.18 Å². The lowest BCUT2D eigenvalue weighted by atomic mass is 10.2. The van der Waals surface area contributed by atoms with Gasteiger partial charge in [0.15, 0.2) is 0 Å². The Bertz CT molecular complexity index is 721. The second-order valence-corrected chi connectivity index (χ2v) is 5.08. The SMILES string of the molecule is COCCNC(=O)CN(C)c1nc(C(F)(F)F)nc2ccccc12. The summed E-state index contributed by atoms with van der Waals surface area (Å²) in [5, 5.41) is 3.05. The van der Waals surface area contributed by atoms with Crippen LogP contribution in [0.15, 0.2) is 24.3 Å². The largest absolute Gasteiger partial charge is 0.451 e. The molecular formula is C15H17F3N4O2. The van der Waals surface area contributed by atoms with E-state index in [-0.39, 0.29) is 23.8 Å². The summed E-state index contributed by atoms with van der Waals surface area (Å²) in [6.07, 6.45) is -4.67. The Kier molecular flexibility index (Phi) is 5.55. The number of alkyl halides is 3. The number of nitrogens with zero attached hydrogens (tertiary/aromatic N) is 3. The fourth-order valence-corrected chi connectivity index (χ4v) is 2.12. The van der Waals surface area contributed by atoms with Crippen LogP contribution in [0.25, 0.3) is 10.9 Å². The molecule has 130 valence electrons. The van der Waals surface area contributed by atoms with E-state index in [4.69, 9.17) is 4.74 Å². The van der Waals surface area contributed by atoms with E-state index in [0.29, 0.717) is 18.5 Å². The Morgan fingerprint density at radius 1 is 1.29 bits per heavy atom. The minimum atomic E-state index is -4.67. The van der Waals surface area contributed by atoms with Crippen LogP contribution in [0, 0.1) is 0 Å². The van der Waals surface area contributed by atoms with E-state index < -0.39 is 12.0 Å². The summed E-state index contributed by atoms with van der Waals surface area (Å²) in [6.45, 7) is 0.535. The van der Waals surface area contributed by atoms with Gasteiger partial charge in [-0.3, -0.25) is 4.79 Å². The number of rotatable bonds is 6. The molecule has 0 radical (unpaired) electrons. The molecule has 0 aliphatic rings. The highest BCUT2D eigenvalue weighted by atomic mass is 19.4. The normalized spacial score (nSPS) is 11.5. The lowest BCUT2D eigenvalue weighted by molar-refractivity contribution is -0.144. The van der Waals surface area contributed by atoms with Gasteiger partial charge in [0.05, 0.1) is 18.7 Å². The monoisotopic (exact) mass is 342 g/mol. The third-order valence-corrected chi connectivity index (χ3v) is 3.21. The minimum absolute atomic E-state index is 0.0508. The molecule has 0 fully saturated rings. The minimum Gasteiger partial charge on any atom is -0.383 e. The highest BCUT2D eigenvalue weighted by Crippen LogP contribution is 2.31. The van der Waals surface area contributed by atoms with E-state index in [9.17, 15) is 18.0 Å². The summed E-state index contributed by atoms with van der Waals surface area (Å²) < 4.78 is 43.8. The number of anilines is 1. The van der Waals surface area contributed by atoms with E-state index in [1.165, 1.54) is 25.1 Å². The van der Waals surface area contributed by atoms with Crippen molar-refractivity contribution in [3.05, 3.63) is 30.1 Å². The van der Waals surface area contributed by atoms with Crippen molar-refractivity contribution in [1.29, 1.82) is 0 Å². The molecule has 24 heavy (non-hydrogen) atoms. The molecule has 6 nitrogen and oxygen atoms in total.